The third-order valence-corrected chi connectivity index (χ3v) is 7.92. The van der Waals surface area contributed by atoms with E-state index in [-0.39, 0.29) is 5.97 Å². The summed E-state index contributed by atoms with van der Waals surface area (Å²) >= 11 is 0. The fraction of sp³-hybridized carbons (Fsp3) is 0.233. The third-order valence-electron chi connectivity index (χ3n) is 7.92. The van der Waals surface area contributed by atoms with Gasteiger partial charge in [0.05, 0.1) is 18.9 Å². The van der Waals surface area contributed by atoms with Gasteiger partial charge in [-0.15, -0.1) is 0 Å². The topological polar surface area (TPSA) is 59.7 Å². The van der Waals surface area contributed by atoms with Crippen LogP contribution in [-0.4, -0.2) is 40.3 Å². The molecular formula is C30H26N4O2. The standard InChI is InChI=1S/C30H26N4O2/c1-36-30(35)27-7-3-4-24-25(27)5-2-6-26(24)28-16-32-34-18-21(15-31-29(28)34)20-9-12-22(13-10-20)33-17-19-8-11-23(33)14-19/h2-7,9-10,12-13,15-16,18-19,23H,8,11,14,17H2,1H3/t19-,23+/m0/s1. The van der Waals surface area contributed by atoms with Crippen LogP contribution in [0.1, 0.15) is 29.6 Å². The Labute approximate surface area is 209 Å². The predicted octanol–water partition coefficient (Wildman–Crippen LogP) is 5.99. The maximum absolute atomic E-state index is 12.3. The Morgan fingerprint density at radius 3 is 2.53 bits per heavy atom. The molecule has 2 bridgehead atoms. The quantitative estimate of drug-likeness (QED) is 0.299. The lowest BCUT2D eigenvalue weighted by Gasteiger charge is -2.29. The molecule has 1 aliphatic carbocycles. The fourth-order valence-electron chi connectivity index (χ4n) is 6.13. The summed E-state index contributed by atoms with van der Waals surface area (Å²) < 4.78 is 6.81. The molecule has 2 aliphatic rings. The number of fused-ring (bicyclic) bond motifs is 4. The zero-order chi connectivity index (χ0) is 24.2. The maximum Gasteiger partial charge on any atom is 0.338 e. The molecule has 0 spiro atoms. The summed E-state index contributed by atoms with van der Waals surface area (Å²) in [6.45, 7) is 1.20. The van der Waals surface area contributed by atoms with Gasteiger partial charge in [0.2, 0.25) is 0 Å². The molecule has 1 saturated carbocycles. The molecule has 0 radical (unpaired) electrons. The van der Waals surface area contributed by atoms with Gasteiger partial charge in [-0.3, -0.25) is 0 Å². The Morgan fingerprint density at radius 2 is 1.75 bits per heavy atom. The molecule has 178 valence electrons. The van der Waals surface area contributed by atoms with E-state index in [0.717, 1.165) is 50.6 Å². The summed E-state index contributed by atoms with van der Waals surface area (Å²) in [4.78, 5) is 19.7. The van der Waals surface area contributed by atoms with Gasteiger partial charge in [0, 0.05) is 41.8 Å². The van der Waals surface area contributed by atoms with Crippen molar-refractivity contribution in [1.82, 2.24) is 14.6 Å². The third kappa shape index (κ3) is 3.28. The second-order valence-electron chi connectivity index (χ2n) is 9.90. The molecule has 2 aromatic heterocycles. The molecule has 2 atom stereocenters. The number of ether oxygens (including phenoxy) is 1. The molecule has 5 aromatic rings. The molecule has 7 rings (SSSR count). The summed E-state index contributed by atoms with van der Waals surface area (Å²) in [6, 6.07) is 21.2. The smallest absolute Gasteiger partial charge is 0.338 e. The highest BCUT2D eigenvalue weighted by Crippen LogP contribution is 2.40. The highest BCUT2D eigenvalue weighted by molar-refractivity contribution is 6.09. The Morgan fingerprint density at radius 1 is 0.917 bits per heavy atom. The first kappa shape index (κ1) is 21.1. The van der Waals surface area contributed by atoms with Crippen LogP contribution < -0.4 is 4.90 Å². The lowest BCUT2D eigenvalue weighted by atomic mass is 9.97. The number of benzene rings is 3. The number of rotatable bonds is 4. The van der Waals surface area contributed by atoms with Crippen molar-refractivity contribution in [1.29, 1.82) is 0 Å². The van der Waals surface area contributed by atoms with E-state index in [1.165, 1.54) is 38.6 Å². The van der Waals surface area contributed by atoms with Crippen molar-refractivity contribution < 1.29 is 9.53 Å². The Hall–Kier alpha value is -4.19. The first-order valence-corrected chi connectivity index (χ1v) is 12.5. The van der Waals surface area contributed by atoms with Crippen molar-refractivity contribution in [3.8, 4) is 22.3 Å². The Bertz CT molecular complexity index is 1620. The van der Waals surface area contributed by atoms with Crippen LogP contribution in [0.4, 0.5) is 5.69 Å². The highest BCUT2D eigenvalue weighted by Gasteiger charge is 2.37. The normalized spacial score (nSPS) is 18.9. The molecule has 6 heteroatoms. The summed E-state index contributed by atoms with van der Waals surface area (Å²) in [6.07, 6.45) is 9.86. The molecule has 1 aliphatic heterocycles. The van der Waals surface area contributed by atoms with Crippen LogP contribution in [0.15, 0.2) is 79.3 Å². The van der Waals surface area contributed by atoms with Crippen LogP contribution in [0.25, 0.3) is 38.7 Å². The molecule has 36 heavy (non-hydrogen) atoms. The molecule has 2 fully saturated rings. The molecule has 0 N–H and O–H groups in total. The van der Waals surface area contributed by atoms with Crippen molar-refractivity contribution in [3.05, 3.63) is 84.8 Å². The van der Waals surface area contributed by atoms with Gasteiger partial charge in [0.1, 0.15) is 0 Å². The van der Waals surface area contributed by atoms with Crippen molar-refractivity contribution in [3.63, 3.8) is 0 Å². The van der Waals surface area contributed by atoms with Gasteiger partial charge in [-0.2, -0.15) is 5.10 Å². The molecule has 1 saturated heterocycles. The first-order chi connectivity index (χ1) is 17.7. The van der Waals surface area contributed by atoms with E-state index in [0.29, 0.717) is 5.56 Å². The Kier molecular flexibility index (Phi) is 4.81. The van der Waals surface area contributed by atoms with Gasteiger partial charge in [0.15, 0.2) is 5.65 Å². The fourth-order valence-corrected chi connectivity index (χ4v) is 6.13. The minimum atomic E-state index is -0.344. The summed E-state index contributed by atoms with van der Waals surface area (Å²) in [5, 5.41) is 6.44. The van der Waals surface area contributed by atoms with E-state index in [1.54, 1.807) is 6.07 Å². The number of hydrogen-bond acceptors (Lipinski definition) is 5. The minimum absolute atomic E-state index is 0.344. The second kappa shape index (κ2) is 8.19. The van der Waals surface area contributed by atoms with Crippen molar-refractivity contribution in [2.45, 2.75) is 25.3 Å². The van der Waals surface area contributed by atoms with E-state index in [4.69, 9.17) is 9.72 Å². The van der Waals surface area contributed by atoms with Crippen LogP contribution in [0.3, 0.4) is 0 Å². The van der Waals surface area contributed by atoms with Crippen molar-refractivity contribution in [2.75, 3.05) is 18.6 Å². The predicted molar refractivity (Wildman–Crippen MR) is 141 cm³/mol. The van der Waals surface area contributed by atoms with Gasteiger partial charge in [0.25, 0.3) is 0 Å². The number of hydrogen-bond donors (Lipinski definition) is 0. The number of anilines is 1. The van der Waals surface area contributed by atoms with Gasteiger partial charge in [-0.05, 0) is 65.3 Å². The van der Waals surface area contributed by atoms with E-state index in [2.05, 4.69) is 34.3 Å². The summed E-state index contributed by atoms with van der Waals surface area (Å²) in [5.74, 6) is 0.535. The number of nitrogens with zero attached hydrogens (tertiary/aromatic N) is 4. The van der Waals surface area contributed by atoms with E-state index in [9.17, 15) is 4.79 Å². The lowest BCUT2D eigenvalue weighted by Crippen LogP contribution is -2.31. The molecule has 0 unspecified atom stereocenters. The van der Waals surface area contributed by atoms with E-state index < -0.39 is 0 Å². The number of piperidine rings is 1. The first-order valence-electron chi connectivity index (χ1n) is 12.5. The average Bonchev–Trinajstić information content (AvgIpc) is 3.68. The van der Waals surface area contributed by atoms with Gasteiger partial charge in [-0.1, -0.05) is 42.5 Å². The number of aromatic nitrogens is 3. The van der Waals surface area contributed by atoms with E-state index in [1.807, 2.05) is 53.4 Å². The Balaban J connectivity index is 1.24. The van der Waals surface area contributed by atoms with Crippen LogP contribution in [-0.2, 0) is 4.74 Å². The lowest BCUT2D eigenvalue weighted by molar-refractivity contribution is 0.0603. The van der Waals surface area contributed by atoms with Crippen LogP contribution in [0.2, 0.25) is 0 Å². The zero-order valence-electron chi connectivity index (χ0n) is 20.1. The number of carbonyl (C=O) groups is 1. The second-order valence-corrected chi connectivity index (χ2v) is 9.90. The van der Waals surface area contributed by atoms with Crippen molar-refractivity contribution in [2.24, 2.45) is 5.92 Å². The minimum Gasteiger partial charge on any atom is -0.465 e. The number of methoxy groups -OCH3 is 1. The van der Waals surface area contributed by atoms with Crippen LogP contribution in [0, 0.1) is 5.92 Å². The molecule has 6 nitrogen and oxygen atoms in total. The van der Waals surface area contributed by atoms with E-state index >= 15 is 0 Å². The summed E-state index contributed by atoms with van der Waals surface area (Å²) in [7, 11) is 1.40. The van der Waals surface area contributed by atoms with Gasteiger partial charge < -0.3 is 9.64 Å². The van der Waals surface area contributed by atoms with Crippen LogP contribution in [0.5, 0.6) is 0 Å². The largest absolute Gasteiger partial charge is 0.465 e. The summed E-state index contributed by atoms with van der Waals surface area (Å²) in [5.41, 5.74) is 6.71. The molecular weight excluding hydrogens is 448 g/mol. The number of esters is 1. The monoisotopic (exact) mass is 474 g/mol. The van der Waals surface area contributed by atoms with Crippen LogP contribution >= 0.6 is 0 Å². The maximum atomic E-state index is 12.3. The van der Waals surface area contributed by atoms with Gasteiger partial charge >= 0.3 is 5.97 Å². The molecule has 3 aromatic carbocycles. The SMILES string of the molecule is COC(=O)c1cccc2c(-c3cnn4cc(-c5ccc(N6C[C@H]7CC[C@@H]6C7)cc5)cnc34)cccc12. The highest BCUT2D eigenvalue weighted by atomic mass is 16.5. The van der Waals surface area contributed by atoms with Gasteiger partial charge in [-0.25, -0.2) is 14.3 Å². The molecule has 0 amide bonds. The van der Waals surface area contributed by atoms with Crippen molar-refractivity contribution >= 4 is 28.1 Å². The average molecular weight is 475 g/mol. The zero-order valence-corrected chi connectivity index (χ0v) is 20.1. The molecule has 3 heterocycles. The number of carbonyl (C=O) groups excluding carboxylic acids is 1.